The topological polar surface area (TPSA) is 120 Å². The first-order valence-corrected chi connectivity index (χ1v) is 9.34. The number of rotatable bonds is 9. The number of nitrogens with zero attached hydrogens (tertiary/aromatic N) is 4. The van der Waals surface area contributed by atoms with Crippen molar-refractivity contribution in [2.24, 2.45) is 11.1 Å². The van der Waals surface area contributed by atoms with E-state index in [0.717, 1.165) is 24.2 Å². The fraction of sp³-hybridized carbons (Fsp3) is 0.300. The molecule has 2 aromatic heterocycles. The lowest BCUT2D eigenvalue weighted by Crippen LogP contribution is -2.22. The van der Waals surface area contributed by atoms with Crippen molar-refractivity contribution in [1.29, 1.82) is 0 Å². The summed E-state index contributed by atoms with van der Waals surface area (Å²) < 4.78 is 7.18. The number of amides is 1. The van der Waals surface area contributed by atoms with Gasteiger partial charge in [0.15, 0.2) is 0 Å². The smallest absolute Gasteiger partial charge is 0.254 e. The number of aromatic nitrogens is 4. The van der Waals surface area contributed by atoms with Gasteiger partial charge in [0.2, 0.25) is 5.95 Å². The second-order valence-electron chi connectivity index (χ2n) is 7.25. The van der Waals surface area contributed by atoms with Crippen molar-refractivity contribution >= 4 is 23.4 Å². The van der Waals surface area contributed by atoms with Gasteiger partial charge in [-0.1, -0.05) is 6.07 Å². The molecule has 1 aliphatic rings. The minimum Gasteiger partial charge on any atom is -0.384 e. The third-order valence-electron chi connectivity index (χ3n) is 4.99. The van der Waals surface area contributed by atoms with E-state index in [1.165, 1.54) is 6.20 Å². The number of ether oxygens (including phenoxy) is 1. The van der Waals surface area contributed by atoms with E-state index < -0.39 is 5.91 Å². The van der Waals surface area contributed by atoms with Crippen molar-refractivity contribution in [3.8, 4) is 5.69 Å². The van der Waals surface area contributed by atoms with Gasteiger partial charge in [-0.3, -0.25) is 4.79 Å². The molecule has 9 heteroatoms. The van der Waals surface area contributed by atoms with E-state index >= 15 is 0 Å². The Morgan fingerprint density at radius 1 is 1.38 bits per heavy atom. The van der Waals surface area contributed by atoms with Crippen LogP contribution in [0.3, 0.4) is 0 Å². The van der Waals surface area contributed by atoms with E-state index in [2.05, 4.69) is 25.6 Å². The van der Waals surface area contributed by atoms with Gasteiger partial charge in [0.05, 0.1) is 12.9 Å². The van der Waals surface area contributed by atoms with Gasteiger partial charge in [0.1, 0.15) is 11.4 Å². The minimum absolute atomic E-state index is 0.146. The SMILES string of the molecule is COCC1(CNc2ncc(C(N)=O)c(Nc3cccc(-n4ccnc4)c3)n2)CC1. The number of nitrogens with two attached hydrogens (primary N) is 1. The largest absolute Gasteiger partial charge is 0.384 e. The number of primary amides is 1. The highest BCUT2D eigenvalue weighted by atomic mass is 16.5. The second kappa shape index (κ2) is 7.88. The van der Waals surface area contributed by atoms with Crippen LogP contribution in [0.25, 0.3) is 5.69 Å². The Bertz CT molecular complexity index is 1000. The average molecular weight is 393 g/mol. The molecule has 0 unspecified atom stereocenters. The van der Waals surface area contributed by atoms with Crippen LogP contribution in [-0.2, 0) is 4.74 Å². The summed E-state index contributed by atoms with van der Waals surface area (Å²) in [4.78, 5) is 24.6. The molecule has 4 N–H and O–H groups in total. The highest BCUT2D eigenvalue weighted by Crippen LogP contribution is 2.45. The van der Waals surface area contributed by atoms with Gasteiger partial charge in [-0.15, -0.1) is 0 Å². The molecule has 4 rings (SSSR count). The van der Waals surface area contributed by atoms with E-state index in [9.17, 15) is 4.79 Å². The maximum absolute atomic E-state index is 11.8. The van der Waals surface area contributed by atoms with Crippen LogP contribution in [0.5, 0.6) is 0 Å². The molecular formula is C20H23N7O2. The first kappa shape index (κ1) is 18.9. The first-order valence-electron chi connectivity index (χ1n) is 9.34. The highest BCUT2D eigenvalue weighted by molar-refractivity contribution is 5.98. The number of anilines is 3. The Morgan fingerprint density at radius 3 is 2.93 bits per heavy atom. The molecule has 1 amide bonds. The highest BCUT2D eigenvalue weighted by Gasteiger charge is 2.42. The minimum atomic E-state index is -0.595. The molecule has 29 heavy (non-hydrogen) atoms. The molecule has 1 saturated carbocycles. The number of imidazole rings is 1. The maximum atomic E-state index is 11.8. The maximum Gasteiger partial charge on any atom is 0.254 e. The van der Waals surface area contributed by atoms with Crippen molar-refractivity contribution in [2.75, 3.05) is 30.9 Å². The molecule has 1 aromatic carbocycles. The quantitative estimate of drug-likeness (QED) is 0.510. The predicted octanol–water partition coefficient (Wildman–Crippen LogP) is 2.34. The summed E-state index contributed by atoms with van der Waals surface area (Å²) in [6.07, 6.45) is 8.95. The van der Waals surface area contributed by atoms with Gasteiger partial charge in [0, 0.05) is 49.0 Å². The van der Waals surface area contributed by atoms with Crippen LogP contribution in [0.4, 0.5) is 17.5 Å². The lowest BCUT2D eigenvalue weighted by molar-refractivity contribution is 0.100. The second-order valence-corrected chi connectivity index (χ2v) is 7.25. The van der Waals surface area contributed by atoms with Crippen LogP contribution >= 0.6 is 0 Å². The van der Waals surface area contributed by atoms with E-state index in [1.807, 2.05) is 35.0 Å². The number of methoxy groups -OCH3 is 1. The van der Waals surface area contributed by atoms with Crippen molar-refractivity contribution in [2.45, 2.75) is 12.8 Å². The standard InChI is InChI=1S/C20H23N7O2/c1-29-12-20(5-6-20)11-24-19-23-10-16(17(21)28)18(26-19)25-14-3-2-4-15(9-14)27-8-7-22-13-27/h2-4,7-10,13H,5-6,11-12H2,1H3,(H2,21,28)(H2,23,24,25,26). The van der Waals surface area contributed by atoms with Gasteiger partial charge in [-0.05, 0) is 31.0 Å². The van der Waals surface area contributed by atoms with Crippen LogP contribution in [-0.4, -0.2) is 45.7 Å². The molecule has 1 fully saturated rings. The van der Waals surface area contributed by atoms with E-state index in [0.29, 0.717) is 24.9 Å². The number of carbonyl (C=O) groups is 1. The summed E-state index contributed by atoms with van der Waals surface area (Å²) in [5.74, 6) is 0.197. The Balaban J connectivity index is 1.55. The number of nitrogens with one attached hydrogen (secondary N) is 2. The summed E-state index contributed by atoms with van der Waals surface area (Å²) in [5, 5.41) is 6.44. The number of benzene rings is 1. The van der Waals surface area contributed by atoms with Gasteiger partial charge >= 0.3 is 0 Å². The monoisotopic (exact) mass is 393 g/mol. The molecule has 0 bridgehead atoms. The molecule has 0 radical (unpaired) electrons. The summed E-state index contributed by atoms with van der Waals surface area (Å²) in [7, 11) is 1.71. The molecule has 0 atom stereocenters. The van der Waals surface area contributed by atoms with Crippen LogP contribution in [0.15, 0.2) is 49.2 Å². The van der Waals surface area contributed by atoms with Crippen molar-refractivity contribution in [3.63, 3.8) is 0 Å². The lowest BCUT2D eigenvalue weighted by Gasteiger charge is -2.16. The van der Waals surface area contributed by atoms with Gasteiger partial charge < -0.3 is 25.7 Å². The molecule has 1 aliphatic carbocycles. The summed E-state index contributed by atoms with van der Waals surface area (Å²) in [6, 6.07) is 7.68. The van der Waals surface area contributed by atoms with Crippen molar-refractivity contribution < 1.29 is 9.53 Å². The van der Waals surface area contributed by atoms with Crippen LogP contribution in [0.2, 0.25) is 0 Å². The van der Waals surface area contributed by atoms with Gasteiger partial charge in [-0.25, -0.2) is 9.97 Å². The molecular weight excluding hydrogens is 370 g/mol. The predicted molar refractivity (Wildman–Crippen MR) is 109 cm³/mol. The number of hydrogen-bond donors (Lipinski definition) is 3. The van der Waals surface area contributed by atoms with Crippen molar-refractivity contribution in [3.05, 3.63) is 54.7 Å². The third kappa shape index (κ3) is 4.35. The summed E-state index contributed by atoms with van der Waals surface area (Å²) in [5.41, 5.74) is 7.57. The fourth-order valence-electron chi connectivity index (χ4n) is 3.16. The molecule has 3 aromatic rings. The number of carbonyl (C=O) groups excluding carboxylic acids is 1. The van der Waals surface area contributed by atoms with E-state index in [-0.39, 0.29) is 11.0 Å². The van der Waals surface area contributed by atoms with E-state index in [1.54, 1.807) is 19.6 Å². The van der Waals surface area contributed by atoms with Crippen LogP contribution in [0, 0.1) is 5.41 Å². The summed E-state index contributed by atoms with van der Waals surface area (Å²) in [6.45, 7) is 1.41. The molecule has 2 heterocycles. The molecule has 0 aliphatic heterocycles. The molecule has 0 spiro atoms. The number of hydrogen-bond acceptors (Lipinski definition) is 7. The zero-order valence-electron chi connectivity index (χ0n) is 16.1. The van der Waals surface area contributed by atoms with Crippen molar-refractivity contribution in [1.82, 2.24) is 19.5 Å². The van der Waals surface area contributed by atoms with Crippen LogP contribution < -0.4 is 16.4 Å². The Labute approximate surface area is 168 Å². The van der Waals surface area contributed by atoms with E-state index in [4.69, 9.17) is 10.5 Å². The normalized spacial score (nSPS) is 14.4. The van der Waals surface area contributed by atoms with Gasteiger partial charge in [0.25, 0.3) is 5.91 Å². The molecule has 9 nitrogen and oxygen atoms in total. The molecule has 0 saturated heterocycles. The lowest BCUT2D eigenvalue weighted by atomic mass is 10.1. The first-order chi connectivity index (χ1) is 14.1. The van der Waals surface area contributed by atoms with Gasteiger partial charge in [-0.2, -0.15) is 4.98 Å². The zero-order chi connectivity index (χ0) is 20.3. The fourth-order valence-corrected chi connectivity index (χ4v) is 3.16. The Hall–Kier alpha value is -3.46. The third-order valence-corrected chi connectivity index (χ3v) is 4.99. The zero-order valence-corrected chi connectivity index (χ0v) is 16.1. The Kier molecular flexibility index (Phi) is 5.13. The summed E-state index contributed by atoms with van der Waals surface area (Å²) >= 11 is 0. The Morgan fingerprint density at radius 2 is 2.24 bits per heavy atom. The average Bonchev–Trinajstić information content (AvgIpc) is 3.25. The molecule has 150 valence electrons. The van der Waals surface area contributed by atoms with Crippen LogP contribution in [0.1, 0.15) is 23.2 Å².